The molecule has 1 aromatic carbocycles. The molecule has 1 heteroatoms. The van der Waals surface area contributed by atoms with E-state index in [4.69, 9.17) is 0 Å². The van der Waals surface area contributed by atoms with Gasteiger partial charge < -0.3 is 0 Å². The minimum absolute atomic E-state index is 1.21. The standard InChI is InChI=1S/C15H15I/c1-14-10-6-2-4-8-12-15(16)13-9-5-3-7-11-14/h2-13H,1H3. The summed E-state index contributed by atoms with van der Waals surface area (Å²) in [6, 6.07) is 24.6. The highest BCUT2D eigenvalue weighted by Gasteiger charge is 1.73. The van der Waals surface area contributed by atoms with E-state index >= 15 is 0 Å². The van der Waals surface area contributed by atoms with Crippen molar-refractivity contribution in [3.05, 3.63) is 81.9 Å². The Kier molecular flexibility index (Phi) is 6.58. The second-order valence-electron chi connectivity index (χ2n) is 3.34. The van der Waals surface area contributed by atoms with Gasteiger partial charge in [0.25, 0.3) is 0 Å². The third-order valence-corrected chi connectivity index (χ3v) is 2.61. The van der Waals surface area contributed by atoms with Crippen LogP contribution in [-0.2, 0) is 0 Å². The van der Waals surface area contributed by atoms with Crippen molar-refractivity contribution >= 4 is 22.6 Å². The SMILES string of the molecule is Cc1ccccccc(I)cccccc1. The van der Waals surface area contributed by atoms with Gasteiger partial charge in [0.1, 0.15) is 0 Å². The molecule has 0 bridgehead atoms. The molecule has 0 aromatic heterocycles. The van der Waals surface area contributed by atoms with Crippen LogP contribution in [0.5, 0.6) is 0 Å². The lowest BCUT2D eigenvalue weighted by molar-refractivity contribution is 1.50. The molecule has 82 valence electrons. The zero-order chi connectivity index (χ0) is 11.6. The van der Waals surface area contributed by atoms with Crippen LogP contribution in [0.3, 0.4) is 0 Å². The van der Waals surface area contributed by atoms with Gasteiger partial charge in [0.2, 0.25) is 0 Å². The third-order valence-electron chi connectivity index (χ3n) is 1.90. The van der Waals surface area contributed by atoms with E-state index in [9.17, 15) is 0 Å². The lowest BCUT2D eigenvalue weighted by Gasteiger charge is -1.80. The van der Waals surface area contributed by atoms with Gasteiger partial charge in [0.15, 0.2) is 0 Å². The summed E-state index contributed by atoms with van der Waals surface area (Å²) in [6.07, 6.45) is 0. The van der Waals surface area contributed by atoms with Crippen LogP contribution < -0.4 is 0 Å². The highest BCUT2D eigenvalue weighted by atomic mass is 127. The van der Waals surface area contributed by atoms with Crippen molar-refractivity contribution in [2.24, 2.45) is 0 Å². The summed E-state index contributed by atoms with van der Waals surface area (Å²) in [6.45, 7) is 2.09. The zero-order valence-corrected chi connectivity index (χ0v) is 11.5. The van der Waals surface area contributed by atoms with E-state index in [1.54, 1.807) is 0 Å². The van der Waals surface area contributed by atoms with Gasteiger partial charge in [0.05, 0.1) is 0 Å². The van der Waals surface area contributed by atoms with Crippen molar-refractivity contribution in [1.82, 2.24) is 0 Å². The van der Waals surface area contributed by atoms with Crippen LogP contribution in [0.1, 0.15) is 5.56 Å². The highest BCUT2D eigenvalue weighted by Crippen LogP contribution is 1.98. The number of halogens is 1. The molecule has 0 aliphatic heterocycles. The average Bonchev–Trinajstić information content (AvgIpc) is 2.27. The van der Waals surface area contributed by atoms with E-state index in [0.717, 1.165) is 0 Å². The molecule has 0 saturated heterocycles. The molecule has 0 amide bonds. The number of rotatable bonds is 0. The van der Waals surface area contributed by atoms with Crippen molar-refractivity contribution in [2.75, 3.05) is 0 Å². The molecule has 0 aliphatic carbocycles. The van der Waals surface area contributed by atoms with E-state index in [0.29, 0.717) is 0 Å². The van der Waals surface area contributed by atoms with Gasteiger partial charge in [-0.2, -0.15) is 0 Å². The highest BCUT2D eigenvalue weighted by molar-refractivity contribution is 14.1. The normalized spacial score (nSPS) is 8.62. The van der Waals surface area contributed by atoms with Crippen LogP contribution in [0.25, 0.3) is 0 Å². The fourth-order valence-electron chi connectivity index (χ4n) is 1.08. The maximum Gasteiger partial charge on any atom is 0.0130 e. The third kappa shape index (κ3) is 6.40. The molecule has 1 aromatic rings. The van der Waals surface area contributed by atoms with Crippen molar-refractivity contribution in [3.63, 3.8) is 0 Å². The Morgan fingerprint density at radius 3 is 1.44 bits per heavy atom. The Morgan fingerprint density at radius 1 is 0.625 bits per heavy atom. The summed E-state index contributed by atoms with van der Waals surface area (Å²) in [5, 5.41) is 0. The molecule has 0 unspecified atom stereocenters. The van der Waals surface area contributed by atoms with E-state index < -0.39 is 0 Å². The molecule has 0 nitrogen and oxygen atoms in total. The van der Waals surface area contributed by atoms with Crippen molar-refractivity contribution in [1.29, 1.82) is 0 Å². The molecular formula is C15H15I. The molecular weight excluding hydrogens is 307 g/mol. The predicted molar refractivity (Wildman–Crippen MR) is 79.2 cm³/mol. The minimum Gasteiger partial charge on any atom is -0.0623 e. The maximum absolute atomic E-state index is 2.31. The quantitative estimate of drug-likeness (QED) is 0.599. The molecule has 16 heavy (non-hydrogen) atoms. The van der Waals surface area contributed by atoms with Crippen molar-refractivity contribution < 1.29 is 0 Å². The van der Waals surface area contributed by atoms with Gasteiger partial charge in [0, 0.05) is 3.57 Å². The second-order valence-corrected chi connectivity index (χ2v) is 4.58. The Morgan fingerprint density at radius 2 is 1.00 bits per heavy atom. The fraction of sp³-hybridized carbons (Fsp3) is 0.0667. The van der Waals surface area contributed by atoms with Crippen LogP contribution in [0.4, 0.5) is 0 Å². The van der Waals surface area contributed by atoms with E-state index in [-0.39, 0.29) is 0 Å². The number of hydrogen-bond donors (Lipinski definition) is 0. The van der Waals surface area contributed by atoms with Crippen molar-refractivity contribution in [2.45, 2.75) is 6.92 Å². The minimum atomic E-state index is 1.21. The summed E-state index contributed by atoms with van der Waals surface area (Å²) in [7, 11) is 0. The topological polar surface area (TPSA) is 0 Å². The summed E-state index contributed by atoms with van der Waals surface area (Å²) in [4.78, 5) is 0. The first-order valence-electron chi connectivity index (χ1n) is 5.18. The molecule has 0 heterocycles. The molecule has 0 radical (unpaired) electrons. The molecule has 0 saturated carbocycles. The van der Waals surface area contributed by atoms with Gasteiger partial charge in [-0.05, 0) is 41.6 Å². The zero-order valence-electron chi connectivity index (χ0n) is 9.31. The van der Waals surface area contributed by atoms with E-state index in [2.05, 4.69) is 53.8 Å². The summed E-state index contributed by atoms with van der Waals surface area (Å²) in [5.41, 5.74) is 1.24. The van der Waals surface area contributed by atoms with E-state index in [1.807, 2.05) is 48.5 Å². The number of hydrogen-bond acceptors (Lipinski definition) is 0. The molecule has 1 rings (SSSR count). The first-order chi connectivity index (χ1) is 7.79. The number of aryl methyl sites for hydroxylation is 1. The lowest BCUT2D eigenvalue weighted by atomic mass is 10.3. The average molecular weight is 322 g/mol. The van der Waals surface area contributed by atoms with Gasteiger partial charge in [-0.15, -0.1) is 0 Å². The van der Waals surface area contributed by atoms with Crippen molar-refractivity contribution in [3.8, 4) is 0 Å². The Balaban J connectivity index is 3.20. The smallest absolute Gasteiger partial charge is 0.0130 e. The van der Waals surface area contributed by atoms with Gasteiger partial charge in [-0.25, -0.2) is 0 Å². The van der Waals surface area contributed by atoms with Gasteiger partial charge in [-0.1, -0.05) is 66.2 Å². The molecule has 0 atom stereocenters. The first kappa shape index (κ1) is 13.0. The predicted octanol–water partition coefficient (Wildman–Crippen LogP) is 4.85. The molecule has 0 spiro atoms. The summed E-state index contributed by atoms with van der Waals surface area (Å²) >= 11 is 2.31. The fourth-order valence-corrected chi connectivity index (χ4v) is 1.49. The Hall–Kier alpha value is -1.09. The molecule has 0 aliphatic rings. The summed E-state index contributed by atoms with van der Waals surface area (Å²) in [5.74, 6) is 0. The van der Waals surface area contributed by atoms with Crippen LogP contribution >= 0.6 is 22.6 Å². The Bertz CT molecular complexity index is 355. The van der Waals surface area contributed by atoms with Crippen LogP contribution in [0, 0.1) is 10.5 Å². The van der Waals surface area contributed by atoms with Crippen LogP contribution in [-0.4, -0.2) is 0 Å². The van der Waals surface area contributed by atoms with Gasteiger partial charge >= 0.3 is 0 Å². The van der Waals surface area contributed by atoms with E-state index in [1.165, 1.54) is 9.13 Å². The lowest BCUT2D eigenvalue weighted by Crippen LogP contribution is -1.61. The monoisotopic (exact) mass is 322 g/mol. The largest absolute Gasteiger partial charge is 0.0623 e. The maximum atomic E-state index is 2.31. The molecule has 0 fully saturated rings. The summed E-state index contributed by atoms with van der Waals surface area (Å²) < 4.78 is 1.21. The van der Waals surface area contributed by atoms with Crippen LogP contribution in [0.2, 0.25) is 0 Å². The second kappa shape index (κ2) is 8.11. The van der Waals surface area contributed by atoms with Gasteiger partial charge in [-0.3, -0.25) is 0 Å². The first-order valence-corrected chi connectivity index (χ1v) is 6.26. The Labute approximate surface area is 111 Å². The molecule has 0 N–H and O–H groups in total. The van der Waals surface area contributed by atoms with Crippen LogP contribution in [0.15, 0.2) is 72.8 Å².